The quantitative estimate of drug-likeness (QED) is 0.334. The predicted molar refractivity (Wildman–Crippen MR) is 132 cm³/mol. The van der Waals surface area contributed by atoms with Crippen LogP contribution in [-0.4, -0.2) is 26.4 Å². The maximum Gasteiger partial charge on any atom is 0.303 e. The summed E-state index contributed by atoms with van der Waals surface area (Å²) in [5.74, 6) is -2.00. The Labute approximate surface area is 206 Å². The van der Waals surface area contributed by atoms with Crippen LogP contribution in [0.3, 0.4) is 0 Å². The summed E-state index contributed by atoms with van der Waals surface area (Å²) in [6.07, 6.45) is 7.57. The van der Waals surface area contributed by atoms with Crippen LogP contribution < -0.4 is 5.32 Å². The number of benzene rings is 2. The fraction of sp³-hybridized carbons (Fsp3) is 0.250. The lowest BCUT2D eigenvalue weighted by molar-refractivity contribution is -0.138. The molecule has 1 fully saturated rings. The van der Waals surface area contributed by atoms with Gasteiger partial charge >= 0.3 is 5.97 Å². The molecule has 2 aromatic heterocycles. The van der Waals surface area contributed by atoms with E-state index in [0.717, 1.165) is 55.0 Å². The van der Waals surface area contributed by atoms with Gasteiger partial charge in [0.1, 0.15) is 23.0 Å². The molecule has 6 nitrogen and oxygen atoms in total. The van der Waals surface area contributed by atoms with Crippen molar-refractivity contribution < 1.29 is 23.5 Å². The molecular formula is C28H25F2N3O3. The number of carbonyl (C=O) groups is 2. The highest BCUT2D eigenvalue weighted by molar-refractivity contribution is 6.03. The summed E-state index contributed by atoms with van der Waals surface area (Å²) in [6, 6.07) is 15.0. The van der Waals surface area contributed by atoms with E-state index in [-0.39, 0.29) is 23.7 Å². The van der Waals surface area contributed by atoms with Crippen LogP contribution in [0.5, 0.6) is 0 Å². The molecule has 0 saturated heterocycles. The Hall–Kier alpha value is -4.07. The van der Waals surface area contributed by atoms with E-state index in [0.29, 0.717) is 11.6 Å². The molecule has 1 aliphatic rings. The summed E-state index contributed by atoms with van der Waals surface area (Å²) in [6.45, 7) is 0. The molecule has 0 atom stereocenters. The number of fused-ring (bicyclic) bond motifs is 1. The average molecular weight is 490 g/mol. The monoisotopic (exact) mass is 489 g/mol. The van der Waals surface area contributed by atoms with Gasteiger partial charge in [-0.3, -0.25) is 9.59 Å². The summed E-state index contributed by atoms with van der Waals surface area (Å²) in [7, 11) is 0. The second-order valence-corrected chi connectivity index (χ2v) is 9.33. The Kier molecular flexibility index (Phi) is 6.50. The molecule has 2 heterocycles. The van der Waals surface area contributed by atoms with Crippen molar-refractivity contribution in [3.05, 3.63) is 89.9 Å². The number of nitrogens with zero attached hydrogens (tertiary/aromatic N) is 2. The second kappa shape index (κ2) is 9.89. The zero-order valence-corrected chi connectivity index (χ0v) is 19.5. The van der Waals surface area contributed by atoms with Crippen LogP contribution in [-0.2, 0) is 4.79 Å². The number of halogens is 2. The third-order valence-electron chi connectivity index (χ3n) is 6.89. The third-order valence-corrected chi connectivity index (χ3v) is 6.89. The smallest absolute Gasteiger partial charge is 0.303 e. The van der Waals surface area contributed by atoms with Gasteiger partial charge in [0.2, 0.25) is 0 Å². The molecule has 2 aromatic carbocycles. The number of anilines is 1. The molecule has 8 heteroatoms. The van der Waals surface area contributed by atoms with Gasteiger partial charge in [-0.15, -0.1) is 0 Å². The number of amides is 1. The summed E-state index contributed by atoms with van der Waals surface area (Å²) in [5, 5.41) is 11.4. The highest BCUT2D eigenvalue weighted by atomic mass is 19.1. The van der Waals surface area contributed by atoms with Crippen LogP contribution in [0.2, 0.25) is 0 Å². The number of imidazole rings is 1. The number of aliphatic carboxylic acids is 1. The Morgan fingerprint density at radius 1 is 0.944 bits per heavy atom. The van der Waals surface area contributed by atoms with Gasteiger partial charge in [0.25, 0.3) is 5.91 Å². The number of carboxylic acid groups (broad SMARTS) is 1. The molecule has 5 rings (SSSR count). The highest BCUT2D eigenvalue weighted by Crippen LogP contribution is 2.37. The summed E-state index contributed by atoms with van der Waals surface area (Å²) in [5.41, 5.74) is 3.62. The maximum atomic E-state index is 13.9. The molecule has 184 valence electrons. The first kappa shape index (κ1) is 23.7. The van der Waals surface area contributed by atoms with Crippen LogP contribution in [0, 0.1) is 17.6 Å². The van der Waals surface area contributed by atoms with Crippen LogP contribution in [0.15, 0.2) is 67.0 Å². The SMILES string of the molecule is O=C(O)CC1CCC(c2ccc(-c3ccc4nc(C(=O)Nc5cc(F)ccc5F)cn4c3)cc2)CC1. The maximum absolute atomic E-state index is 13.9. The topological polar surface area (TPSA) is 83.7 Å². The minimum Gasteiger partial charge on any atom is -0.481 e. The largest absolute Gasteiger partial charge is 0.481 e. The molecule has 1 amide bonds. The molecule has 36 heavy (non-hydrogen) atoms. The Bertz CT molecular complexity index is 1420. The number of rotatable bonds is 6. The van der Waals surface area contributed by atoms with Gasteiger partial charge in [-0.05, 0) is 78.5 Å². The van der Waals surface area contributed by atoms with Gasteiger partial charge < -0.3 is 14.8 Å². The Balaban J connectivity index is 1.29. The lowest BCUT2D eigenvalue weighted by Gasteiger charge is -2.28. The zero-order valence-electron chi connectivity index (χ0n) is 19.5. The highest BCUT2D eigenvalue weighted by Gasteiger charge is 2.24. The number of hydrogen-bond donors (Lipinski definition) is 2. The predicted octanol–water partition coefficient (Wildman–Crippen LogP) is 6.28. The fourth-order valence-electron chi connectivity index (χ4n) is 4.95. The zero-order chi connectivity index (χ0) is 25.2. The lowest BCUT2D eigenvalue weighted by Crippen LogP contribution is -2.16. The fourth-order valence-corrected chi connectivity index (χ4v) is 4.95. The van der Waals surface area contributed by atoms with Crippen LogP contribution in [0.4, 0.5) is 14.5 Å². The molecule has 2 N–H and O–H groups in total. The van der Waals surface area contributed by atoms with Crippen molar-refractivity contribution in [2.75, 3.05) is 5.32 Å². The van der Waals surface area contributed by atoms with E-state index in [1.165, 1.54) is 5.56 Å². The average Bonchev–Trinajstić information content (AvgIpc) is 3.30. The van der Waals surface area contributed by atoms with E-state index in [2.05, 4.69) is 34.6 Å². The van der Waals surface area contributed by atoms with Gasteiger partial charge in [-0.2, -0.15) is 0 Å². The summed E-state index contributed by atoms with van der Waals surface area (Å²) >= 11 is 0. The van der Waals surface area contributed by atoms with Crippen molar-refractivity contribution in [3.63, 3.8) is 0 Å². The molecule has 0 aliphatic heterocycles. The first-order valence-corrected chi connectivity index (χ1v) is 11.9. The van der Waals surface area contributed by atoms with Gasteiger partial charge in [-0.1, -0.05) is 24.3 Å². The first-order valence-electron chi connectivity index (χ1n) is 11.9. The number of hydrogen-bond acceptors (Lipinski definition) is 3. The number of carboxylic acids is 1. The van der Waals surface area contributed by atoms with Crippen molar-refractivity contribution in [2.45, 2.75) is 38.0 Å². The molecule has 0 unspecified atom stereocenters. The van der Waals surface area contributed by atoms with E-state index in [1.807, 2.05) is 12.3 Å². The third kappa shape index (κ3) is 5.12. The van der Waals surface area contributed by atoms with E-state index < -0.39 is 23.5 Å². The second-order valence-electron chi connectivity index (χ2n) is 9.33. The number of nitrogens with one attached hydrogen (secondary N) is 1. The minimum atomic E-state index is -0.729. The molecule has 1 aliphatic carbocycles. The van der Waals surface area contributed by atoms with E-state index in [4.69, 9.17) is 5.11 Å². The van der Waals surface area contributed by atoms with Crippen molar-refractivity contribution >= 4 is 23.2 Å². The standard InChI is InChI=1S/C28H25F2N3O3/c29-22-10-11-23(30)24(14-22)32-28(36)25-16-33-15-21(9-12-26(33)31-25)20-7-5-19(6-8-20)18-3-1-17(2-4-18)13-27(34)35/h5-12,14-18H,1-4,13H2,(H,32,36)(H,34,35). The van der Waals surface area contributed by atoms with Crippen molar-refractivity contribution in [1.29, 1.82) is 0 Å². The molecule has 0 bridgehead atoms. The van der Waals surface area contributed by atoms with Crippen molar-refractivity contribution in [3.8, 4) is 11.1 Å². The summed E-state index contributed by atoms with van der Waals surface area (Å²) in [4.78, 5) is 27.8. The number of pyridine rings is 1. The summed E-state index contributed by atoms with van der Waals surface area (Å²) < 4.78 is 29.0. The van der Waals surface area contributed by atoms with Crippen LogP contribution in [0.25, 0.3) is 16.8 Å². The Morgan fingerprint density at radius 2 is 1.67 bits per heavy atom. The Morgan fingerprint density at radius 3 is 2.39 bits per heavy atom. The van der Waals surface area contributed by atoms with Crippen LogP contribution in [0.1, 0.15) is 54.1 Å². The van der Waals surface area contributed by atoms with E-state index >= 15 is 0 Å². The van der Waals surface area contributed by atoms with Gasteiger partial charge in [0.15, 0.2) is 0 Å². The normalized spacial score (nSPS) is 17.7. The van der Waals surface area contributed by atoms with Gasteiger partial charge in [0.05, 0.1) is 5.69 Å². The molecule has 4 aromatic rings. The van der Waals surface area contributed by atoms with E-state index in [1.54, 1.807) is 16.7 Å². The number of carbonyl (C=O) groups excluding carboxylic acids is 1. The molecular weight excluding hydrogens is 464 g/mol. The molecule has 0 spiro atoms. The minimum absolute atomic E-state index is 0.0876. The number of aromatic nitrogens is 2. The van der Waals surface area contributed by atoms with E-state index in [9.17, 15) is 18.4 Å². The van der Waals surface area contributed by atoms with Gasteiger partial charge in [-0.25, -0.2) is 13.8 Å². The molecule has 1 saturated carbocycles. The van der Waals surface area contributed by atoms with Crippen molar-refractivity contribution in [1.82, 2.24) is 9.38 Å². The first-order chi connectivity index (χ1) is 17.4. The van der Waals surface area contributed by atoms with Crippen LogP contribution >= 0.6 is 0 Å². The molecule has 0 radical (unpaired) electrons. The van der Waals surface area contributed by atoms with Gasteiger partial charge in [0, 0.05) is 24.9 Å². The lowest BCUT2D eigenvalue weighted by atomic mass is 9.77. The van der Waals surface area contributed by atoms with Crippen molar-refractivity contribution in [2.24, 2.45) is 5.92 Å².